The third-order valence-corrected chi connectivity index (χ3v) is 3.76. The highest BCUT2D eigenvalue weighted by Crippen LogP contribution is 2.14. The summed E-state index contributed by atoms with van der Waals surface area (Å²) in [7, 11) is 2.11. The number of nitrogens with zero attached hydrogens (tertiary/aromatic N) is 1. The summed E-state index contributed by atoms with van der Waals surface area (Å²) in [4.78, 5) is 2.72. The van der Waals surface area contributed by atoms with E-state index in [-0.39, 0.29) is 0 Å². The predicted octanol–water partition coefficient (Wildman–Crippen LogP) is 3.72. The lowest BCUT2D eigenvalue weighted by molar-refractivity contribution is 0.319. The molecule has 0 radical (unpaired) electrons. The molecule has 0 aliphatic heterocycles. The summed E-state index contributed by atoms with van der Waals surface area (Å²) in [5, 5.41) is 0. The number of thiocarbonyl (C=S) groups is 1. The van der Waals surface area contributed by atoms with Crippen molar-refractivity contribution in [3.8, 4) is 0 Å². The van der Waals surface area contributed by atoms with Gasteiger partial charge in [-0.2, -0.15) is 0 Å². The lowest BCUT2D eigenvalue weighted by Crippen LogP contribution is -2.17. The molecule has 0 atom stereocenters. The van der Waals surface area contributed by atoms with Crippen LogP contribution in [0.5, 0.6) is 0 Å². The SMILES string of the molecule is CN(Cc1ccc(C(N)=S)cc1)Cc1cccc(Br)c1. The zero-order valence-electron chi connectivity index (χ0n) is 11.3. The standard InChI is InChI=1S/C16H17BrN2S/c1-19(11-13-3-2-4-15(17)9-13)10-12-5-7-14(8-6-12)16(18)20/h2-9H,10-11H2,1H3,(H2,18,20). The Morgan fingerprint density at radius 1 is 1.10 bits per heavy atom. The largest absolute Gasteiger partial charge is 0.389 e. The Bertz CT molecular complexity index is 596. The van der Waals surface area contributed by atoms with E-state index >= 15 is 0 Å². The molecule has 2 N–H and O–H groups in total. The van der Waals surface area contributed by atoms with E-state index in [1.54, 1.807) is 0 Å². The molecule has 20 heavy (non-hydrogen) atoms. The van der Waals surface area contributed by atoms with E-state index < -0.39 is 0 Å². The molecule has 0 amide bonds. The summed E-state index contributed by atoms with van der Waals surface area (Å²) >= 11 is 8.45. The van der Waals surface area contributed by atoms with Crippen molar-refractivity contribution in [3.63, 3.8) is 0 Å². The Morgan fingerprint density at radius 3 is 2.35 bits per heavy atom. The molecule has 0 aliphatic rings. The van der Waals surface area contributed by atoms with E-state index in [0.717, 1.165) is 23.1 Å². The molecule has 2 rings (SSSR count). The maximum Gasteiger partial charge on any atom is 0.103 e. The molecule has 0 heterocycles. The van der Waals surface area contributed by atoms with Gasteiger partial charge in [0.05, 0.1) is 0 Å². The minimum atomic E-state index is 0.444. The summed E-state index contributed by atoms with van der Waals surface area (Å²) in [6, 6.07) is 16.5. The van der Waals surface area contributed by atoms with Gasteiger partial charge in [0.15, 0.2) is 0 Å². The van der Waals surface area contributed by atoms with E-state index in [0.29, 0.717) is 4.99 Å². The Balaban J connectivity index is 1.97. The van der Waals surface area contributed by atoms with Crippen molar-refractivity contribution >= 4 is 33.1 Å². The van der Waals surface area contributed by atoms with Crippen LogP contribution in [-0.2, 0) is 13.1 Å². The molecule has 2 nitrogen and oxygen atoms in total. The number of nitrogens with two attached hydrogens (primary N) is 1. The lowest BCUT2D eigenvalue weighted by atomic mass is 10.1. The summed E-state index contributed by atoms with van der Waals surface area (Å²) in [6.07, 6.45) is 0. The van der Waals surface area contributed by atoms with Crippen LogP contribution in [0.2, 0.25) is 0 Å². The second kappa shape index (κ2) is 6.97. The first-order valence-electron chi connectivity index (χ1n) is 6.36. The predicted molar refractivity (Wildman–Crippen MR) is 91.6 cm³/mol. The van der Waals surface area contributed by atoms with Crippen LogP contribution in [0.1, 0.15) is 16.7 Å². The van der Waals surface area contributed by atoms with E-state index in [9.17, 15) is 0 Å². The maximum atomic E-state index is 5.60. The monoisotopic (exact) mass is 348 g/mol. The van der Waals surface area contributed by atoms with Crippen molar-refractivity contribution in [3.05, 3.63) is 69.7 Å². The maximum absolute atomic E-state index is 5.60. The van der Waals surface area contributed by atoms with Gasteiger partial charge >= 0.3 is 0 Å². The fraction of sp³-hybridized carbons (Fsp3) is 0.188. The van der Waals surface area contributed by atoms with Crippen LogP contribution in [-0.4, -0.2) is 16.9 Å². The average Bonchev–Trinajstić information content (AvgIpc) is 2.39. The number of halogens is 1. The van der Waals surface area contributed by atoms with Gasteiger partial charge < -0.3 is 5.73 Å². The Labute approximate surface area is 133 Å². The molecule has 0 aliphatic carbocycles. The second-order valence-corrected chi connectivity index (χ2v) is 6.22. The third kappa shape index (κ3) is 4.40. The van der Waals surface area contributed by atoms with Gasteiger partial charge in [0.25, 0.3) is 0 Å². The molecule has 0 spiro atoms. The fourth-order valence-corrected chi connectivity index (χ4v) is 2.67. The van der Waals surface area contributed by atoms with Crippen molar-refractivity contribution in [2.75, 3.05) is 7.05 Å². The molecule has 0 fully saturated rings. The fourth-order valence-electron chi connectivity index (χ4n) is 2.09. The number of benzene rings is 2. The topological polar surface area (TPSA) is 29.3 Å². The normalized spacial score (nSPS) is 10.8. The zero-order valence-corrected chi connectivity index (χ0v) is 13.7. The van der Waals surface area contributed by atoms with Gasteiger partial charge in [-0.1, -0.05) is 64.5 Å². The van der Waals surface area contributed by atoms with Crippen molar-refractivity contribution in [1.29, 1.82) is 0 Å². The Hall–Kier alpha value is -1.23. The van der Waals surface area contributed by atoms with E-state index in [4.69, 9.17) is 18.0 Å². The highest BCUT2D eigenvalue weighted by Gasteiger charge is 2.03. The molecular weight excluding hydrogens is 332 g/mol. The minimum absolute atomic E-state index is 0.444. The Morgan fingerprint density at radius 2 is 1.75 bits per heavy atom. The molecule has 2 aromatic rings. The van der Waals surface area contributed by atoms with Crippen LogP contribution in [0, 0.1) is 0 Å². The van der Waals surface area contributed by atoms with Gasteiger partial charge in [-0.15, -0.1) is 0 Å². The molecule has 0 saturated heterocycles. The summed E-state index contributed by atoms with van der Waals surface area (Å²) in [5.41, 5.74) is 9.06. The van der Waals surface area contributed by atoms with Crippen molar-refractivity contribution < 1.29 is 0 Å². The van der Waals surface area contributed by atoms with Gasteiger partial charge in [-0.3, -0.25) is 4.90 Å². The van der Waals surface area contributed by atoms with Gasteiger partial charge in [-0.05, 0) is 30.3 Å². The average molecular weight is 349 g/mol. The molecule has 0 aromatic heterocycles. The molecule has 0 bridgehead atoms. The van der Waals surface area contributed by atoms with Gasteiger partial charge in [0, 0.05) is 23.1 Å². The van der Waals surface area contributed by atoms with Crippen LogP contribution in [0.25, 0.3) is 0 Å². The van der Waals surface area contributed by atoms with E-state index in [1.165, 1.54) is 11.1 Å². The van der Waals surface area contributed by atoms with Gasteiger partial charge in [0.2, 0.25) is 0 Å². The van der Waals surface area contributed by atoms with Gasteiger partial charge in [-0.25, -0.2) is 0 Å². The minimum Gasteiger partial charge on any atom is -0.389 e. The number of hydrogen-bond acceptors (Lipinski definition) is 2. The lowest BCUT2D eigenvalue weighted by Gasteiger charge is -2.17. The van der Waals surface area contributed by atoms with Crippen LogP contribution in [0.4, 0.5) is 0 Å². The third-order valence-electron chi connectivity index (χ3n) is 3.03. The second-order valence-electron chi connectivity index (χ2n) is 4.86. The van der Waals surface area contributed by atoms with Crippen molar-refractivity contribution in [2.24, 2.45) is 5.73 Å². The molecular formula is C16H17BrN2S. The zero-order chi connectivity index (χ0) is 14.5. The highest BCUT2D eigenvalue weighted by atomic mass is 79.9. The first-order chi connectivity index (χ1) is 9.54. The van der Waals surface area contributed by atoms with E-state index in [1.807, 2.05) is 18.2 Å². The summed E-state index contributed by atoms with van der Waals surface area (Å²) < 4.78 is 1.12. The first-order valence-corrected chi connectivity index (χ1v) is 7.56. The highest BCUT2D eigenvalue weighted by molar-refractivity contribution is 9.10. The molecule has 4 heteroatoms. The summed E-state index contributed by atoms with van der Waals surface area (Å²) in [5.74, 6) is 0. The summed E-state index contributed by atoms with van der Waals surface area (Å²) in [6.45, 7) is 1.81. The number of rotatable bonds is 5. The van der Waals surface area contributed by atoms with Crippen LogP contribution < -0.4 is 5.73 Å². The molecule has 0 saturated carbocycles. The quantitative estimate of drug-likeness (QED) is 0.835. The molecule has 2 aromatic carbocycles. The van der Waals surface area contributed by atoms with Gasteiger partial charge in [0.1, 0.15) is 4.99 Å². The Kier molecular flexibility index (Phi) is 5.29. The molecule has 104 valence electrons. The van der Waals surface area contributed by atoms with Crippen LogP contribution in [0.15, 0.2) is 53.0 Å². The van der Waals surface area contributed by atoms with E-state index in [2.05, 4.69) is 58.2 Å². The smallest absolute Gasteiger partial charge is 0.103 e. The molecule has 0 unspecified atom stereocenters. The van der Waals surface area contributed by atoms with Crippen molar-refractivity contribution in [1.82, 2.24) is 4.90 Å². The van der Waals surface area contributed by atoms with Crippen molar-refractivity contribution in [2.45, 2.75) is 13.1 Å². The van der Waals surface area contributed by atoms with Crippen LogP contribution in [0.3, 0.4) is 0 Å². The van der Waals surface area contributed by atoms with Crippen LogP contribution >= 0.6 is 28.1 Å². The number of hydrogen-bond donors (Lipinski definition) is 1. The first kappa shape index (κ1) is 15.2.